The van der Waals surface area contributed by atoms with Crippen LogP contribution < -0.4 is 15.4 Å². The largest absolute Gasteiger partial charge is 0.490 e. The lowest BCUT2D eigenvalue weighted by Crippen LogP contribution is -2.20. The Morgan fingerprint density at radius 1 is 1.35 bits per heavy atom. The third-order valence-corrected chi connectivity index (χ3v) is 2.82. The Kier molecular flexibility index (Phi) is 4.64. The summed E-state index contributed by atoms with van der Waals surface area (Å²) in [6.07, 6.45) is 1.82. The highest BCUT2D eigenvalue weighted by molar-refractivity contribution is 5.59. The average Bonchev–Trinajstić information content (AvgIpc) is 2.38. The summed E-state index contributed by atoms with van der Waals surface area (Å²) in [5.41, 5.74) is 2.40. The highest BCUT2D eigenvalue weighted by Crippen LogP contribution is 2.27. The molecule has 0 spiro atoms. The number of ether oxygens (including phenoxy) is 1. The van der Waals surface area contributed by atoms with Crippen LogP contribution >= 0.6 is 0 Å². The molecule has 17 heavy (non-hydrogen) atoms. The maximum absolute atomic E-state index is 8.65. The van der Waals surface area contributed by atoms with Crippen molar-refractivity contribution >= 4 is 5.69 Å². The van der Waals surface area contributed by atoms with Crippen molar-refractivity contribution in [2.45, 2.75) is 12.8 Å². The lowest BCUT2D eigenvalue weighted by Gasteiger charge is -2.19. The summed E-state index contributed by atoms with van der Waals surface area (Å²) in [5, 5.41) is 15.3. The van der Waals surface area contributed by atoms with Gasteiger partial charge in [-0.2, -0.15) is 0 Å². The van der Waals surface area contributed by atoms with Crippen LogP contribution in [0.5, 0.6) is 5.75 Å². The second-order valence-corrected chi connectivity index (χ2v) is 4.18. The van der Waals surface area contributed by atoms with Crippen LogP contribution in [-0.2, 0) is 6.42 Å². The van der Waals surface area contributed by atoms with Crippen molar-refractivity contribution in [2.24, 2.45) is 0 Å². The molecule has 0 atom stereocenters. The molecule has 0 saturated carbocycles. The number of benzene rings is 1. The first-order valence-electron chi connectivity index (χ1n) is 6.21. The van der Waals surface area contributed by atoms with E-state index in [9.17, 15) is 0 Å². The molecule has 1 aliphatic heterocycles. The maximum atomic E-state index is 8.65. The number of aliphatic hydroxyl groups excluding tert-OH is 1. The van der Waals surface area contributed by atoms with Crippen LogP contribution in [0.3, 0.4) is 0 Å². The van der Waals surface area contributed by atoms with E-state index in [1.165, 1.54) is 5.56 Å². The summed E-state index contributed by atoms with van der Waals surface area (Å²) in [6, 6.07) is 6.30. The van der Waals surface area contributed by atoms with E-state index in [-0.39, 0.29) is 6.61 Å². The van der Waals surface area contributed by atoms with Gasteiger partial charge in [0.25, 0.3) is 0 Å². The van der Waals surface area contributed by atoms with Crippen molar-refractivity contribution in [3.8, 4) is 5.75 Å². The van der Waals surface area contributed by atoms with Crippen molar-refractivity contribution < 1.29 is 9.84 Å². The van der Waals surface area contributed by atoms with Gasteiger partial charge in [-0.05, 0) is 43.6 Å². The highest BCUT2D eigenvalue weighted by atomic mass is 16.5. The van der Waals surface area contributed by atoms with Crippen LogP contribution in [0.2, 0.25) is 0 Å². The van der Waals surface area contributed by atoms with Gasteiger partial charge in [0.2, 0.25) is 0 Å². The van der Waals surface area contributed by atoms with Crippen LogP contribution in [0, 0.1) is 0 Å². The number of fused-ring (bicyclic) bond motifs is 1. The first-order valence-corrected chi connectivity index (χ1v) is 6.21. The Morgan fingerprint density at radius 2 is 2.29 bits per heavy atom. The highest BCUT2D eigenvalue weighted by Gasteiger charge is 2.09. The topological polar surface area (TPSA) is 53.5 Å². The van der Waals surface area contributed by atoms with Gasteiger partial charge in [0.1, 0.15) is 12.4 Å². The average molecular weight is 236 g/mol. The molecular weight excluding hydrogens is 216 g/mol. The van der Waals surface area contributed by atoms with Gasteiger partial charge in [-0.1, -0.05) is 6.07 Å². The second-order valence-electron chi connectivity index (χ2n) is 4.18. The van der Waals surface area contributed by atoms with Gasteiger partial charge in [-0.15, -0.1) is 0 Å². The molecule has 1 aliphatic rings. The number of aliphatic hydroxyl groups is 1. The smallest absolute Gasteiger partial charge is 0.142 e. The first-order chi connectivity index (χ1) is 8.40. The van der Waals surface area contributed by atoms with E-state index in [1.54, 1.807) is 0 Å². The fourth-order valence-electron chi connectivity index (χ4n) is 1.91. The molecule has 1 aromatic rings. The Balaban J connectivity index is 1.81. The van der Waals surface area contributed by atoms with Crippen LogP contribution in [0.25, 0.3) is 0 Å². The molecule has 0 unspecified atom stereocenters. The second kappa shape index (κ2) is 6.47. The molecule has 0 fully saturated rings. The SMILES string of the molecule is OCCCNCCc1ccc2c(c1)NCCO2. The molecule has 94 valence electrons. The van der Waals surface area contributed by atoms with Gasteiger partial charge in [0.05, 0.1) is 5.69 Å². The number of hydrogen-bond donors (Lipinski definition) is 3. The standard InChI is InChI=1S/C13H20N2O2/c16-8-1-5-14-6-4-11-2-3-13-12(10-11)15-7-9-17-13/h2-3,10,14-16H,1,4-9H2. The predicted octanol–water partition coefficient (Wildman–Crippen LogP) is 1.01. The monoisotopic (exact) mass is 236 g/mol. The van der Waals surface area contributed by atoms with E-state index in [4.69, 9.17) is 9.84 Å². The molecule has 1 heterocycles. The normalized spacial score (nSPS) is 13.7. The number of rotatable bonds is 6. The van der Waals surface area contributed by atoms with Crippen LogP contribution in [0.1, 0.15) is 12.0 Å². The summed E-state index contributed by atoms with van der Waals surface area (Å²) in [5.74, 6) is 0.952. The third-order valence-electron chi connectivity index (χ3n) is 2.82. The lowest BCUT2D eigenvalue weighted by molar-refractivity contribution is 0.286. The zero-order valence-corrected chi connectivity index (χ0v) is 10.0. The predicted molar refractivity (Wildman–Crippen MR) is 68.7 cm³/mol. The van der Waals surface area contributed by atoms with Crippen molar-refractivity contribution in [1.29, 1.82) is 0 Å². The number of anilines is 1. The van der Waals surface area contributed by atoms with Crippen molar-refractivity contribution in [3.05, 3.63) is 23.8 Å². The Labute approximate surface area is 102 Å². The molecule has 1 aromatic carbocycles. The van der Waals surface area contributed by atoms with Gasteiger partial charge in [0.15, 0.2) is 0 Å². The molecule has 0 saturated heterocycles. The maximum Gasteiger partial charge on any atom is 0.142 e. The molecule has 0 bridgehead atoms. The molecule has 3 N–H and O–H groups in total. The number of nitrogens with one attached hydrogen (secondary N) is 2. The van der Waals surface area contributed by atoms with Crippen LogP contribution in [0.4, 0.5) is 5.69 Å². The van der Waals surface area contributed by atoms with E-state index in [0.29, 0.717) is 0 Å². The van der Waals surface area contributed by atoms with Crippen molar-refractivity contribution in [1.82, 2.24) is 5.32 Å². The molecule has 0 radical (unpaired) electrons. The summed E-state index contributed by atoms with van der Waals surface area (Å²) in [6.45, 7) is 3.70. The molecular formula is C13H20N2O2. The molecule has 0 aromatic heterocycles. The first kappa shape index (κ1) is 12.2. The summed E-state index contributed by atoms with van der Waals surface area (Å²) >= 11 is 0. The molecule has 0 aliphatic carbocycles. The van der Waals surface area contributed by atoms with Crippen molar-refractivity contribution in [2.75, 3.05) is 38.2 Å². The van der Waals surface area contributed by atoms with Gasteiger partial charge < -0.3 is 20.5 Å². The third kappa shape index (κ3) is 3.61. The zero-order valence-electron chi connectivity index (χ0n) is 10.0. The Hall–Kier alpha value is -1.26. The van der Waals surface area contributed by atoms with Crippen LogP contribution in [-0.4, -0.2) is 38.0 Å². The quantitative estimate of drug-likeness (QED) is 0.645. The fourth-order valence-corrected chi connectivity index (χ4v) is 1.91. The molecule has 2 rings (SSSR count). The van der Waals surface area contributed by atoms with E-state index in [0.717, 1.165) is 50.5 Å². The zero-order chi connectivity index (χ0) is 11.9. The summed E-state index contributed by atoms with van der Waals surface area (Å²) < 4.78 is 5.53. The Bertz CT molecular complexity index is 355. The Morgan fingerprint density at radius 3 is 3.18 bits per heavy atom. The summed E-state index contributed by atoms with van der Waals surface area (Å²) in [7, 11) is 0. The molecule has 4 nitrogen and oxygen atoms in total. The van der Waals surface area contributed by atoms with E-state index in [2.05, 4.69) is 22.8 Å². The minimum atomic E-state index is 0.257. The van der Waals surface area contributed by atoms with Crippen molar-refractivity contribution in [3.63, 3.8) is 0 Å². The number of hydrogen-bond acceptors (Lipinski definition) is 4. The van der Waals surface area contributed by atoms with E-state index >= 15 is 0 Å². The molecule has 4 heteroatoms. The fraction of sp³-hybridized carbons (Fsp3) is 0.538. The lowest BCUT2D eigenvalue weighted by atomic mass is 10.1. The minimum absolute atomic E-state index is 0.257. The van der Waals surface area contributed by atoms with Gasteiger partial charge in [-0.3, -0.25) is 0 Å². The minimum Gasteiger partial charge on any atom is -0.490 e. The molecule has 0 amide bonds. The van der Waals surface area contributed by atoms with E-state index < -0.39 is 0 Å². The van der Waals surface area contributed by atoms with Crippen LogP contribution in [0.15, 0.2) is 18.2 Å². The van der Waals surface area contributed by atoms with E-state index in [1.807, 2.05) is 6.07 Å². The van der Waals surface area contributed by atoms with Gasteiger partial charge >= 0.3 is 0 Å². The van der Waals surface area contributed by atoms with Gasteiger partial charge in [0, 0.05) is 13.2 Å². The van der Waals surface area contributed by atoms with Gasteiger partial charge in [-0.25, -0.2) is 0 Å². The summed E-state index contributed by atoms with van der Waals surface area (Å²) in [4.78, 5) is 0.